The van der Waals surface area contributed by atoms with E-state index in [1.165, 1.54) is 0 Å². The van der Waals surface area contributed by atoms with Crippen molar-refractivity contribution in [2.45, 2.75) is 30.6 Å². The van der Waals surface area contributed by atoms with Gasteiger partial charge in [-0.1, -0.05) is 0 Å². The molecule has 5 nitrogen and oxygen atoms in total. The Hall–Kier alpha value is -1.36. The Morgan fingerprint density at radius 1 is 1.65 bits per heavy atom. The SMILES string of the molecule is CN1CCC(c2cnc(C3(C(=O)O)CC3)[nH]2)C1. The van der Waals surface area contributed by atoms with Gasteiger partial charge in [-0.2, -0.15) is 0 Å². The minimum Gasteiger partial charge on any atom is -0.480 e. The summed E-state index contributed by atoms with van der Waals surface area (Å²) in [5, 5.41) is 9.21. The van der Waals surface area contributed by atoms with Crippen LogP contribution >= 0.6 is 0 Å². The highest BCUT2D eigenvalue weighted by atomic mass is 16.4. The average molecular weight is 235 g/mol. The Labute approximate surface area is 99.8 Å². The van der Waals surface area contributed by atoms with Crippen molar-refractivity contribution < 1.29 is 9.90 Å². The number of carboxylic acid groups (broad SMARTS) is 1. The number of aromatic nitrogens is 2. The molecule has 0 aromatic carbocycles. The third kappa shape index (κ3) is 1.65. The zero-order valence-corrected chi connectivity index (χ0v) is 9.94. The molecule has 1 unspecified atom stereocenters. The Morgan fingerprint density at radius 3 is 2.94 bits per heavy atom. The summed E-state index contributed by atoms with van der Waals surface area (Å²) in [4.78, 5) is 21.0. The highest BCUT2D eigenvalue weighted by Crippen LogP contribution is 2.47. The fourth-order valence-electron chi connectivity index (χ4n) is 2.65. The quantitative estimate of drug-likeness (QED) is 0.818. The maximum absolute atomic E-state index is 11.2. The van der Waals surface area contributed by atoms with Crippen LogP contribution in [-0.2, 0) is 10.2 Å². The van der Waals surface area contributed by atoms with Crippen LogP contribution in [0.3, 0.4) is 0 Å². The minimum absolute atomic E-state index is 0.478. The number of imidazole rings is 1. The standard InChI is InChI=1S/C12H17N3O2/c1-15-5-2-8(7-15)9-6-13-10(14-9)12(3-4-12)11(16)17/h6,8H,2-5,7H2,1H3,(H,13,14)(H,16,17). The summed E-state index contributed by atoms with van der Waals surface area (Å²) >= 11 is 0. The predicted octanol–water partition coefficient (Wildman–Crippen LogP) is 0.945. The highest BCUT2D eigenvalue weighted by molar-refractivity contribution is 5.83. The van der Waals surface area contributed by atoms with Crippen molar-refractivity contribution in [2.75, 3.05) is 20.1 Å². The van der Waals surface area contributed by atoms with Crippen molar-refractivity contribution in [3.05, 3.63) is 17.7 Å². The first-order valence-corrected chi connectivity index (χ1v) is 6.09. The zero-order valence-electron chi connectivity index (χ0n) is 9.94. The van der Waals surface area contributed by atoms with Crippen molar-refractivity contribution in [3.8, 4) is 0 Å². The number of hydrogen-bond acceptors (Lipinski definition) is 3. The largest absolute Gasteiger partial charge is 0.480 e. The molecule has 2 N–H and O–H groups in total. The minimum atomic E-state index is -0.748. The van der Waals surface area contributed by atoms with E-state index in [1.807, 2.05) is 6.20 Å². The zero-order chi connectivity index (χ0) is 12.0. The molecular weight excluding hydrogens is 218 g/mol. The number of aliphatic carboxylic acids is 1. The summed E-state index contributed by atoms with van der Waals surface area (Å²) in [6.45, 7) is 2.13. The first kappa shape index (κ1) is 10.8. The molecule has 1 aliphatic heterocycles. The van der Waals surface area contributed by atoms with Crippen LogP contribution in [0.25, 0.3) is 0 Å². The molecule has 2 aliphatic rings. The molecule has 0 spiro atoms. The molecule has 0 bridgehead atoms. The van der Waals surface area contributed by atoms with E-state index >= 15 is 0 Å². The van der Waals surface area contributed by atoms with Gasteiger partial charge in [-0.25, -0.2) is 4.98 Å². The summed E-state index contributed by atoms with van der Waals surface area (Å²) in [5.74, 6) is 0.377. The number of likely N-dealkylation sites (N-methyl/N-ethyl adjacent to an activating group) is 1. The van der Waals surface area contributed by atoms with Crippen LogP contribution in [0.1, 0.15) is 36.7 Å². The van der Waals surface area contributed by atoms with Gasteiger partial charge >= 0.3 is 5.97 Å². The Morgan fingerprint density at radius 2 is 2.41 bits per heavy atom. The number of hydrogen-bond donors (Lipinski definition) is 2. The summed E-state index contributed by atoms with van der Waals surface area (Å²) in [5.41, 5.74) is 0.389. The molecule has 1 aliphatic carbocycles. The lowest BCUT2D eigenvalue weighted by molar-refractivity contribution is -0.140. The maximum atomic E-state index is 11.2. The van der Waals surface area contributed by atoms with Gasteiger partial charge in [-0.3, -0.25) is 4.79 Å². The van der Waals surface area contributed by atoms with Crippen molar-refractivity contribution in [3.63, 3.8) is 0 Å². The first-order chi connectivity index (χ1) is 8.12. The van der Waals surface area contributed by atoms with Gasteiger partial charge in [0.2, 0.25) is 0 Å². The Kier molecular flexibility index (Phi) is 2.26. The number of nitrogens with zero attached hydrogens (tertiary/aromatic N) is 2. The molecule has 0 radical (unpaired) electrons. The summed E-state index contributed by atoms with van der Waals surface area (Å²) < 4.78 is 0. The lowest BCUT2D eigenvalue weighted by atomic mass is 10.1. The molecule has 1 atom stereocenters. The van der Waals surface area contributed by atoms with Gasteiger partial charge < -0.3 is 15.0 Å². The average Bonchev–Trinajstić information content (AvgIpc) is 2.76. The topological polar surface area (TPSA) is 69.2 Å². The van der Waals surface area contributed by atoms with Crippen molar-refractivity contribution >= 4 is 5.97 Å². The van der Waals surface area contributed by atoms with Crippen LogP contribution in [0.2, 0.25) is 0 Å². The second-order valence-electron chi connectivity index (χ2n) is 5.32. The van der Waals surface area contributed by atoms with Gasteiger partial charge in [0, 0.05) is 24.4 Å². The van der Waals surface area contributed by atoms with E-state index in [2.05, 4.69) is 21.9 Å². The fourth-order valence-corrected chi connectivity index (χ4v) is 2.65. The summed E-state index contributed by atoms with van der Waals surface area (Å²) in [7, 11) is 2.11. The molecule has 1 saturated heterocycles. The van der Waals surface area contributed by atoms with Crippen LogP contribution in [0.4, 0.5) is 0 Å². The number of nitrogens with one attached hydrogen (secondary N) is 1. The number of carboxylic acids is 1. The lowest BCUT2D eigenvalue weighted by Gasteiger charge is -2.09. The van der Waals surface area contributed by atoms with Gasteiger partial charge in [0.05, 0.1) is 0 Å². The predicted molar refractivity (Wildman–Crippen MR) is 62.0 cm³/mol. The van der Waals surface area contributed by atoms with E-state index in [0.717, 1.165) is 25.2 Å². The van der Waals surface area contributed by atoms with Crippen LogP contribution in [-0.4, -0.2) is 46.1 Å². The van der Waals surface area contributed by atoms with Gasteiger partial charge in [-0.15, -0.1) is 0 Å². The van der Waals surface area contributed by atoms with E-state index in [1.54, 1.807) is 0 Å². The molecule has 1 aromatic rings. The monoisotopic (exact) mass is 235 g/mol. The molecule has 92 valence electrons. The smallest absolute Gasteiger partial charge is 0.317 e. The third-order valence-electron chi connectivity index (χ3n) is 4.04. The number of H-pyrrole nitrogens is 1. The van der Waals surface area contributed by atoms with Gasteiger partial charge in [-0.05, 0) is 32.9 Å². The number of rotatable bonds is 3. The van der Waals surface area contributed by atoms with Crippen LogP contribution in [0.15, 0.2) is 6.20 Å². The third-order valence-corrected chi connectivity index (χ3v) is 4.04. The molecular formula is C12H17N3O2. The van der Waals surface area contributed by atoms with Crippen LogP contribution in [0.5, 0.6) is 0 Å². The van der Waals surface area contributed by atoms with Crippen LogP contribution in [0, 0.1) is 0 Å². The van der Waals surface area contributed by atoms with Crippen molar-refractivity contribution in [2.24, 2.45) is 0 Å². The lowest BCUT2D eigenvalue weighted by Crippen LogP contribution is -2.21. The maximum Gasteiger partial charge on any atom is 0.317 e. The van der Waals surface area contributed by atoms with E-state index in [-0.39, 0.29) is 0 Å². The van der Waals surface area contributed by atoms with E-state index in [4.69, 9.17) is 0 Å². The second kappa shape index (κ2) is 3.57. The molecule has 3 rings (SSSR count). The molecule has 2 fully saturated rings. The molecule has 1 aromatic heterocycles. The van der Waals surface area contributed by atoms with Crippen LogP contribution < -0.4 is 0 Å². The van der Waals surface area contributed by atoms with Gasteiger partial charge in [0.25, 0.3) is 0 Å². The molecule has 1 saturated carbocycles. The highest BCUT2D eigenvalue weighted by Gasteiger charge is 2.54. The number of likely N-dealkylation sites (tertiary alicyclic amines) is 1. The molecule has 0 amide bonds. The second-order valence-corrected chi connectivity index (χ2v) is 5.32. The van der Waals surface area contributed by atoms with E-state index in [9.17, 15) is 9.90 Å². The van der Waals surface area contributed by atoms with Gasteiger partial charge in [0.15, 0.2) is 0 Å². The fraction of sp³-hybridized carbons (Fsp3) is 0.667. The first-order valence-electron chi connectivity index (χ1n) is 6.09. The Bertz CT molecular complexity index is 450. The van der Waals surface area contributed by atoms with Crippen molar-refractivity contribution in [1.29, 1.82) is 0 Å². The van der Waals surface area contributed by atoms with E-state index in [0.29, 0.717) is 24.6 Å². The number of aromatic amines is 1. The van der Waals surface area contributed by atoms with Crippen molar-refractivity contribution in [1.82, 2.24) is 14.9 Å². The Balaban J connectivity index is 1.82. The summed E-state index contributed by atoms with van der Waals surface area (Å²) in [6.07, 6.45) is 4.36. The van der Waals surface area contributed by atoms with Gasteiger partial charge in [0.1, 0.15) is 11.2 Å². The molecule has 5 heteroatoms. The molecule has 17 heavy (non-hydrogen) atoms. The normalized spacial score (nSPS) is 27.2. The summed E-state index contributed by atoms with van der Waals surface area (Å²) in [6, 6.07) is 0. The van der Waals surface area contributed by atoms with E-state index < -0.39 is 11.4 Å². The molecule has 2 heterocycles. The number of carbonyl (C=O) groups is 1.